The van der Waals surface area contributed by atoms with E-state index >= 15 is 0 Å². The first-order valence-corrected chi connectivity index (χ1v) is 3.38. The van der Waals surface area contributed by atoms with E-state index in [4.69, 9.17) is 5.53 Å². The van der Waals surface area contributed by atoms with Gasteiger partial charge in [0.1, 0.15) is 6.04 Å². The quantitative estimate of drug-likeness (QED) is 0.210. The van der Waals surface area contributed by atoms with E-state index in [2.05, 4.69) is 14.8 Å². The van der Waals surface area contributed by atoms with Crippen molar-refractivity contribution in [2.24, 2.45) is 5.11 Å². The minimum atomic E-state index is -0.904. The molecule has 6 heteroatoms. The average Bonchev–Trinajstić information content (AvgIpc) is 1.98. The summed E-state index contributed by atoms with van der Waals surface area (Å²) in [4.78, 5) is 23.6. The molecule has 0 heterocycles. The molecule has 0 fully saturated rings. The van der Waals surface area contributed by atoms with Gasteiger partial charge in [0, 0.05) is 11.8 Å². The summed E-state index contributed by atoms with van der Waals surface area (Å²) in [5.74, 6) is -1.51. The highest BCUT2D eigenvalue weighted by molar-refractivity contribution is 5.87. The van der Waals surface area contributed by atoms with Gasteiger partial charge in [-0.1, -0.05) is 12.0 Å². The van der Waals surface area contributed by atoms with Crippen LogP contribution in [-0.4, -0.2) is 18.0 Å². The van der Waals surface area contributed by atoms with Gasteiger partial charge >= 0.3 is 11.9 Å². The zero-order valence-electron chi connectivity index (χ0n) is 6.85. The second-order valence-electron chi connectivity index (χ2n) is 2.04. The summed E-state index contributed by atoms with van der Waals surface area (Å²) < 4.78 is 4.21. The Morgan fingerprint density at radius 2 is 2.25 bits per heavy atom. The normalized spacial score (nSPS) is 11.2. The Morgan fingerprint density at radius 1 is 1.67 bits per heavy atom. The van der Waals surface area contributed by atoms with Crippen LogP contribution >= 0.6 is 0 Å². The van der Waals surface area contributed by atoms with Crippen LogP contribution in [0.2, 0.25) is 0 Å². The number of azide groups is 1. The van der Waals surface area contributed by atoms with E-state index in [1.54, 1.807) is 6.92 Å². The molecule has 0 spiro atoms. The second kappa shape index (κ2) is 5.15. The predicted molar refractivity (Wildman–Crippen MR) is 40.0 cm³/mol. The van der Waals surface area contributed by atoms with Gasteiger partial charge in [0.2, 0.25) is 0 Å². The minimum absolute atomic E-state index is 0.316. The third-order valence-corrected chi connectivity index (χ3v) is 1.09. The van der Waals surface area contributed by atoms with Gasteiger partial charge in [0.25, 0.3) is 0 Å². The number of hydrogen-bond donors (Lipinski definition) is 0. The average molecular weight is 171 g/mol. The predicted octanol–water partition coefficient (Wildman–Crippen LogP) is 1.17. The molecule has 0 aliphatic rings. The largest absolute Gasteiger partial charge is 0.393 e. The summed E-state index contributed by atoms with van der Waals surface area (Å²) in [5.41, 5.74) is 8.02. The molecule has 6 nitrogen and oxygen atoms in total. The summed E-state index contributed by atoms with van der Waals surface area (Å²) >= 11 is 0. The molecule has 0 bridgehead atoms. The van der Waals surface area contributed by atoms with Crippen LogP contribution in [0.15, 0.2) is 5.11 Å². The van der Waals surface area contributed by atoms with Gasteiger partial charge in [-0.25, -0.2) is 0 Å². The second-order valence-corrected chi connectivity index (χ2v) is 2.04. The Hall–Kier alpha value is -1.55. The van der Waals surface area contributed by atoms with Crippen molar-refractivity contribution in [3.8, 4) is 0 Å². The van der Waals surface area contributed by atoms with Crippen LogP contribution in [0.25, 0.3) is 10.4 Å². The Balaban J connectivity index is 4.21. The Bertz CT molecular complexity index is 232. The molecule has 1 atom stereocenters. The van der Waals surface area contributed by atoms with E-state index < -0.39 is 18.0 Å². The van der Waals surface area contributed by atoms with E-state index in [0.29, 0.717) is 6.42 Å². The summed E-state index contributed by atoms with van der Waals surface area (Å²) in [5, 5.41) is 3.15. The molecule has 0 aromatic rings. The summed E-state index contributed by atoms with van der Waals surface area (Å²) in [6.07, 6.45) is 0.316. The van der Waals surface area contributed by atoms with Gasteiger partial charge in [-0.3, -0.25) is 9.59 Å². The number of carbonyl (C=O) groups excluding carboxylic acids is 2. The molecule has 0 N–H and O–H groups in total. The summed E-state index contributed by atoms with van der Waals surface area (Å²) in [6.45, 7) is 2.77. The molecule has 0 saturated carbocycles. The number of nitrogens with zero attached hydrogens (tertiary/aromatic N) is 3. The molecule has 0 aliphatic heterocycles. The molecule has 0 aromatic heterocycles. The van der Waals surface area contributed by atoms with Crippen molar-refractivity contribution >= 4 is 11.9 Å². The van der Waals surface area contributed by atoms with Crippen LogP contribution in [0, 0.1) is 0 Å². The fourth-order valence-electron chi connectivity index (χ4n) is 0.567. The minimum Gasteiger partial charge on any atom is -0.393 e. The zero-order valence-corrected chi connectivity index (χ0v) is 6.85. The molecule has 0 aromatic carbocycles. The van der Waals surface area contributed by atoms with Gasteiger partial charge < -0.3 is 4.74 Å². The lowest BCUT2D eigenvalue weighted by Gasteiger charge is -2.04. The molecule has 0 saturated heterocycles. The van der Waals surface area contributed by atoms with Crippen LogP contribution in [0.5, 0.6) is 0 Å². The van der Waals surface area contributed by atoms with Crippen molar-refractivity contribution in [1.29, 1.82) is 0 Å². The first kappa shape index (κ1) is 10.4. The fraction of sp³-hybridized carbons (Fsp3) is 0.667. The third-order valence-electron chi connectivity index (χ3n) is 1.09. The van der Waals surface area contributed by atoms with Gasteiger partial charge in [0.15, 0.2) is 0 Å². The lowest BCUT2D eigenvalue weighted by Crippen LogP contribution is -2.22. The molecule has 66 valence electrons. The van der Waals surface area contributed by atoms with E-state index in [1.807, 2.05) is 0 Å². The van der Waals surface area contributed by atoms with Crippen LogP contribution in [0.1, 0.15) is 20.3 Å². The lowest BCUT2D eigenvalue weighted by atomic mass is 10.2. The van der Waals surface area contributed by atoms with Gasteiger partial charge in [0.05, 0.1) is 0 Å². The number of carbonyl (C=O) groups is 2. The highest BCUT2D eigenvalue weighted by Crippen LogP contribution is 2.00. The van der Waals surface area contributed by atoms with E-state index in [-0.39, 0.29) is 0 Å². The third kappa shape index (κ3) is 3.58. The molecule has 0 aliphatic carbocycles. The van der Waals surface area contributed by atoms with Gasteiger partial charge in [-0.05, 0) is 12.0 Å². The van der Waals surface area contributed by atoms with E-state index in [1.165, 1.54) is 0 Å². The fourth-order valence-corrected chi connectivity index (χ4v) is 0.567. The van der Waals surface area contributed by atoms with Crippen molar-refractivity contribution in [2.75, 3.05) is 0 Å². The summed E-state index contributed by atoms with van der Waals surface area (Å²) in [6, 6.07) is -0.904. The Morgan fingerprint density at radius 3 is 2.58 bits per heavy atom. The topological polar surface area (TPSA) is 92.1 Å². The van der Waals surface area contributed by atoms with Crippen LogP contribution in [0.3, 0.4) is 0 Å². The SMILES string of the molecule is CC[C@@H](N=[N+]=[N-])C(=O)OC(C)=O. The lowest BCUT2D eigenvalue weighted by molar-refractivity contribution is -0.159. The van der Waals surface area contributed by atoms with Gasteiger partial charge in [-0.15, -0.1) is 0 Å². The van der Waals surface area contributed by atoms with Crippen LogP contribution in [-0.2, 0) is 14.3 Å². The highest BCUT2D eigenvalue weighted by atomic mass is 16.6. The van der Waals surface area contributed by atoms with Crippen LogP contribution < -0.4 is 0 Å². The molecule has 0 rings (SSSR count). The van der Waals surface area contributed by atoms with Crippen molar-refractivity contribution in [2.45, 2.75) is 26.3 Å². The van der Waals surface area contributed by atoms with Crippen molar-refractivity contribution in [3.05, 3.63) is 10.4 Å². The molecule has 12 heavy (non-hydrogen) atoms. The van der Waals surface area contributed by atoms with Gasteiger partial charge in [-0.2, -0.15) is 0 Å². The molecular formula is C6H9N3O3. The van der Waals surface area contributed by atoms with E-state index in [9.17, 15) is 9.59 Å². The molecule has 0 unspecified atom stereocenters. The molecule has 0 amide bonds. The maximum atomic E-state index is 10.9. The van der Waals surface area contributed by atoms with Crippen LogP contribution in [0.4, 0.5) is 0 Å². The molecule has 0 radical (unpaired) electrons. The van der Waals surface area contributed by atoms with Crippen molar-refractivity contribution in [3.63, 3.8) is 0 Å². The number of ether oxygens (including phenoxy) is 1. The maximum Gasteiger partial charge on any atom is 0.322 e. The Kier molecular flexibility index (Phi) is 4.48. The highest BCUT2D eigenvalue weighted by Gasteiger charge is 2.17. The smallest absolute Gasteiger partial charge is 0.322 e. The maximum absolute atomic E-state index is 10.9. The number of rotatable bonds is 3. The van der Waals surface area contributed by atoms with Crippen molar-refractivity contribution in [1.82, 2.24) is 0 Å². The monoisotopic (exact) mass is 171 g/mol. The first-order chi connectivity index (χ1) is 5.61. The standard InChI is InChI=1S/C6H9N3O3/c1-3-5(8-9-7)6(11)12-4(2)10/h5H,3H2,1-2H3/t5-/m1/s1. The number of hydrogen-bond acceptors (Lipinski definition) is 4. The van der Waals surface area contributed by atoms with E-state index in [0.717, 1.165) is 6.92 Å². The van der Waals surface area contributed by atoms with Crippen molar-refractivity contribution < 1.29 is 14.3 Å². The number of esters is 2. The first-order valence-electron chi connectivity index (χ1n) is 3.38. The summed E-state index contributed by atoms with van der Waals surface area (Å²) in [7, 11) is 0. The molecular weight excluding hydrogens is 162 g/mol. The zero-order chi connectivity index (χ0) is 9.56. The Labute approximate surface area is 69.1 Å².